The molecule has 0 N–H and O–H groups in total. The first-order valence-electron chi connectivity index (χ1n) is 25.9. The zero-order valence-corrected chi connectivity index (χ0v) is 40.9. The standard InChI is InChI=1S/C51H100N2O7/c1-8-15-20-23-27-31-46(32-28-24-21-16-9-2)44-50(55)57-42-40-53(39-38-52(13-6)14-7)41-43-58-51(56)60-48(35-29-22-17-10-3)36-30-37-49(54)59-45-47(33-25-18-11-4)34-26-19-12-5/h46-48H,8-45H2,1-7H3. The van der Waals surface area contributed by atoms with Gasteiger partial charge in [0, 0.05) is 39.0 Å². The zero-order chi connectivity index (χ0) is 44.3. The summed E-state index contributed by atoms with van der Waals surface area (Å²) in [6, 6.07) is 0. The maximum atomic E-state index is 13.1. The Morgan fingerprint density at radius 3 is 1.40 bits per heavy atom. The van der Waals surface area contributed by atoms with Gasteiger partial charge in [-0.2, -0.15) is 0 Å². The minimum absolute atomic E-state index is 0.0853. The van der Waals surface area contributed by atoms with Crippen LogP contribution in [0.1, 0.15) is 235 Å². The lowest BCUT2D eigenvalue weighted by atomic mass is 9.91. The molecule has 0 saturated carbocycles. The second-order valence-corrected chi connectivity index (χ2v) is 17.7. The van der Waals surface area contributed by atoms with Crippen molar-refractivity contribution in [1.82, 2.24) is 9.80 Å². The molecule has 0 bridgehead atoms. The second-order valence-electron chi connectivity index (χ2n) is 17.7. The van der Waals surface area contributed by atoms with Crippen LogP contribution in [0.15, 0.2) is 0 Å². The summed E-state index contributed by atoms with van der Waals surface area (Å²) in [5, 5.41) is 0. The molecule has 0 amide bonds. The van der Waals surface area contributed by atoms with E-state index in [-0.39, 0.29) is 24.6 Å². The molecule has 1 unspecified atom stereocenters. The fourth-order valence-corrected chi connectivity index (χ4v) is 8.09. The fraction of sp³-hybridized carbons (Fsp3) is 0.941. The van der Waals surface area contributed by atoms with Crippen molar-refractivity contribution in [2.24, 2.45) is 11.8 Å². The van der Waals surface area contributed by atoms with Crippen LogP contribution in [0.4, 0.5) is 4.79 Å². The molecule has 0 radical (unpaired) electrons. The van der Waals surface area contributed by atoms with Crippen LogP contribution in [0.25, 0.3) is 0 Å². The third-order valence-electron chi connectivity index (χ3n) is 12.3. The molecule has 0 aromatic heterocycles. The number of carbonyl (C=O) groups excluding carboxylic acids is 3. The number of hydrogen-bond donors (Lipinski definition) is 0. The van der Waals surface area contributed by atoms with E-state index in [4.69, 9.17) is 18.9 Å². The smallest absolute Gasteiger partial charge is 0.465 e. The van der Waals surface area contributed by atoms with Gasteiger partial charge in [-0.3, -0.25) is 14.5 Å². The molecule has 0 rings (SSSR count). The molecule has 0 aromatic rings. The van der Waals surface area contributed by atoms with Gasteiger partial charge < -0.3 is 23.8 Å². The van der Waals surface area contributed by atoms with Crippen LogP contribution in [0.2, 0.25) is 0 Å². The molecule has 0 saturated heterocycles. The van der Waals surface area contributed by atoms with E-state index in [9.17, 15) is 14.4 Å². The van der Waals surface area contributed by atoms with Crippen molar-refractivity contribution in [3.63, 3.8) is 0 Å². The summed E-state index contributed by atoms with van der Waals surface area (Å²) in [5.41, 5.74) is 0. The molecule has 0 spiro atoms. The Morgan fingerprint density at radius 2 is 0.850 bits per heavy atom. The minimum atomic E-state index is -0.648. The van der Waals surface area contributed by atoms with Crippen molar-refractivity contribution in [3.05, 3.63) is 0 Å². The first-order chi connectivity index (χ1) is 29.3. The van der Waals surface area contributed by atoms with Gasteiger partial charge in [0.1, 0.15) is 19.3 Å². The summed E-state index contributed by atoms with van der Waals surface area (Å²) in [7, 11) is 0. The average Bonchev–Trinajstić information content (AvgIpc) is 3.23. The summed E-state index contributed by atoms with van der Waals surface area (Å²) >= 11 is 0. The van der Waals surface area contributed by atoms with E-state index >= 15 is 0 Å². The summed E-state index contributed by atoms with van der Waals surface area (Å²) < 4.78 is 23.1. The largest absolute Gasteiger partial charge is 0.508 e. The zero-order valence-electron chi connectivity index (χ0n) is 40.9. The molecule has 60 heavy (non-hydrogen) atoms. The molecule has 0 heterocycles. The molecule has 0 aromatic carbocycles. The molecule has 0 aliphatic heterocycles. The maximum absolute atomic E-state index is 13.1. The molecule has 9 nitrogen and oxygen atoms in total. The first-order valence-corrected chi connectivity index (χ1v) is 25.9. The highest BCUT2D eigenvalue weighted by Gasteiger charge is 2.19. The van der Waals surface area contributed by atoms with Gasteiger partial charge in [-0.25, -0.2) is 4.79 Å². The van der Waals surface area contributed by atoms with Crippen LogP contribution in [0, 0.1) is 11.8 Å². The molecule has 9 heteroatoms. The molecule has 356 valence electrons. The molecule has 0 fully saturated rings. The number of esters is 2. The molecular formula is C51H100N2O7. The van der Waals surface area contributed by atoms with Crippen molar-refractivity contribution < 1.29 is 33.3 Å². The Labute approximate surface area is 371 Å². The van der Waals surface area contributed by atoms with Crippen LogP contribution in [-0.2, 0) is 28.5 Å². The first kappa shape index (κ1) is 58.1. The Morgan fingerprint density at radius 1 is 0.417 bits per heavy atom. The monoisotopic (exact) mass is 853 g/mol. The van der Waals surface area contributed by atoms with Gasteiger partial charge in [0.25, 0.3) is 0 Å². The van der Waals surface area contributed by atoms with Crippen molar-refractivity contribution in [3.8, 4) is 0 Å². The fourth-order valence-electron chi connectivity index (χ4n) is 8.09. The Kier molecular flexibility index (Phi) is 42.4. The summed E-state index contributed by atoms with van der Waals surface area (Å²) in [4.78, 5) is 43.4. The van der Waals surface area contributed by atoms with Gasteiger partial charge in [0.2, 0.25) is 0 Å². The maximum Gasteiger partial charge on any atom is 0.508 e. The van der Waals surface area contributed by atoms with E-state index < -0.39 is 6.16 Å². The van der Waals surface area contributed by atoms with Gasteiger partial charge in [-0.05, 0) is 76.3 Å². The Bertz CT molecular complexity index is 938. The van der Waals surface area contributed by atoms with Crippen molar-refractivity contribution in [2.45, 2.75) is 241 Å². The third-order valence-corrected chi connectivity index (χ3v) is 12.3. The highest BCUT2D eigenvalue weighted by molar-refractivity contribution is 5.69. The van der Waals surface area contributed by atoms with E-state index in [0.717, 1.165) is 84.0 Å². The van der Waals surface area contributed by atoms with E-state index in [1.165, 1.54) is 103 Å². The number of hydrogen-bond acceptors (Lipinski definition) is 9. The quantitative estimate of drug-likeness (QED) is 0.0337. The van der Waals surface area contributed by atoms with E-state index in [2.05, 4.69) is 58.3 Å². The highest BCUT2D eigenvalue weighted by atomic mass is 16.7. The minimum Gasteiger partial charge on any atom is -0.465 e. The normalized spacial score (nSPS) is 12.2. The summed E-state index contributed by atoms with van der Waals surface area (Å²) in [5.74, 6) is 0.616. The van der Waals surface area contributed by atoms with Crippen LogP contribution in [-0.4, -0.2) is 93.1 Å². The number of ether oxygens (including phenoxy) is 4. The van der Waals surface area contributed by atoms with Crippen molar-refractivity contribution >= 4 is 18.1 Å². The third kappa shape index (κ3) is 36.8. The number of likely N-dealkylation sites (N-methyl/N-ethyl adjacent to an activating group) is 1. The number of carbonyl (C=O) groups is 3. The highest BCUT2D eigenvalue weighted by Crippen LogP contribution is 2.23. The average molecular weight is 853 g/mol. The summed E-state index contributed by atoms with van der Waals surface area (Å²) in [6.45, 7) is 21.3. The topological polar surface area (TPSA) is 94.6 Å². The van der Waals surface area contributed by atoms with E-state index in [0.29, 0.717) is 63.8 Å². The van der Waals surface area contributed by atoms with Gasteiger partial charge >= 0.3 is 18.1 Å². The lowest BCUT2D eigenvalue weighted by Crippen LogP contribution is -2.39. The summed E-state index contributed by atoms with van der Waals surface area (Å²) in [6.07, 6.45) is 30.5. The Hall–Kier alpha value is -1.87. The molecular weight excluding hydrogens is 753 g/mol. The van der Waals surface area contributed by atoms with Crippen molar-refractivity contribution in [1.29, 1.82) is 0 Å². The number of nitrogens with zero attached hydrogens (tertiary/aromatic N) is 2. The van der Waals surface area contributed by atoms with Crippen molar-refractivity contribution in [2.75, 3.05) is 59.1 Å². The van der Waals surface area contributed by atoms with Crippen LogP contribution in [0.3, 0.4) is 0 Å². The van der Waals surface area contributed by atoms with Crippen LogP contribution < -0.4 is 0 Å². The van der Waals surface area contributed by atoms with Crippen LogP contribution in [0.5, 0.6) is 0 Å². The predicted octanol–water partition coefficient (Wildman–Crippen LogP) is 13.9. The number of rotatable bonds is 45. The van der Waals surface area contributed by atoms with E-state index in [1.807, 2.05) is 0 Å². The Balaban J connectivity index is 5.11. The SMILES string of the molecule is CCCCCCCC(CCCCCCC)CC(=O)OCCN(CCOC(=O)OC(CCCCCC)CCCC(=O)OCC(CCCCC)CCCCC)CCN(CC)CC. The van der Waals surface area contributed by atoms with Gasteiger partial charge in [-0.1, -0.05) is 170 Å². The van der Waals surface area contributed by atoms with Gasteiger partial charge in [-0.15, -0.1) is 0 Å². The van der Waals surface area contributed by atoms with Gasteiger partial charge in [0.15, 0.2) is 0 Å². The number of unbranched alkanes of at least 4 members (excludes halogenated alkanes) is 15. The lowest BCUT2D eigenvalue weighted by molar-refractivity contribution is -0.146. The van der Waals surface area contributed by atoms with Gasteiger partial charge in [0.05, 0.1) is 6.61 Å². The molecule has 1 atom stereocenters. The molecule has 0 aliphatic rings. The molecule has 0 aliphatic carbocycles. The lowest BCUT2D eigenvalue weighted by Gasteiger charge is -2.26. The second kappa shape index (κ2) is 43.8. The predicted molar refractivity (Wildman–Crippen MR) is 252 cm³/mol. The van der Waals surface area contributed by atoms with Crippen LogP contribution >= 0.6 is 0 Å². The van der Waals surface area contributed by atoms with E-state index in [1.54, 1.807) is 0 Å².